The summed E-state index contributed by atoms with van der Waals surface area (Å²) in [5, 5.41) is 6.47. The minimum atomic E-state index is -4.05. The Kier molecular flexibility index (Phi) is 7.13. The molecule has 1 atom stereocenters. The fourth-order valence-corrected chi connectivity index (χ4v) is 5.77. The van der Waals surface area contributed by atoms with Gasteiger partial charge in [0, 0.05) is 24.3 Å². The molecule has 1 aromatic heterocycles. The zero-order chi connectivity index (χ0) is 25.2. The molecule has 0 spiro atoms. The van der Waals surface area contributed by atoms with Gasteiger partial charge in [0.05, 0.1) is 5.92 Å². The highest BCUT2D eigenvalue weighted by molar-refractivity contribution is 7.89. The van der Waals surface area contributed by atoms with E-state index in [1.807, 2.05) is 0 Å². The Hall–Kier alpha value is -3.37. The Morgan fingerprint density at radius 1 is 1.14 bits per heavy atom. The number of carbonyl (C=O) groups is 1. The summed E-state index contributed by atoms with van der Waals surface area (Å²) in [6.07, 6.45) is 3.76. The van der Waals surface area contributed by atoms with Gasteiger partial charge in [-0.1, -0.05) is 29.4 Å². The fraction of sp³-hybridized carbons (Fsp3) is 0.280. The summed E-state index contributed by atoms with van der Waals surface area (Å²) < 4.78 is 61.3. The molecule has 7 nitrogen and oxygen atoms in total. The highest BCUT2D eigenvalue weighted by Crippen LogP contribution is 2.30. The van der Waals surface area contributed by atoms with Crippen molar-refractivity contribution >= 4 is 33.8 Å². The Morgan fingerprint density at radius 3 is 2.66 bits per heavy atom. The van der Waals surface area contributed by atoms with E-state index in [1.54, 1.807) is 37.3 Å². The van der Waals surface area contributed by atoms with E-state index < -0.39 is 27.6 Å². The van der Waals surface area contributed by atoms with E-state index in [0.717, 1.165) is 0 Å². The molecule has 0 bridgehead atoms. The van der Waals surface area contributed by atoms with Gasteiger partial charge in [0.25, 0.3) is 0 Å². The van der Waals surface area contributed by atoms with Crippen molar-refractivity contribution in [1.29, 1.82) is 0 Å². The van der Waals surface area contributed by atoms with Crippen molar-refractivity contribution in [1.82, 2.24) is 9.46 Å². The molecule has 3 aromatic rings. The zero-order valence-corrected chi connectivity index (χ0v) is 20.1. The number of amides is 1. The lowest BCUT2D eigenvalue weighted by Crippen LogP contribution is -2.43. The first-order valence-electron chi connectivity index (χ1n) is 11.1. The predicted molar refractivity (Wildman–Crippen MR) is 128 cm³/mol. The summed E-state index contributed by atoms with van der Waals surface area (Å²) in [5.41, 5.74) is 1.21. The van der Waals surface area contributed by atoms with Gasteiger partial charge in [0.2, 0.25) is 15.9 Å². The van der Waals surface area contributed by atoms with Crippen LogP contribution in [-0.4, -0.2) is 36.9 Å². The number of rotatable bonds is 6. The van der Waals surface area contributed by atoms with Crippen molar-refractivity contribution in [3.05, 3.63) is 76.7 Å². The van der Waals surface area contributed by atoms with E-state index in [0.29, 0.717) is 24.1 Å². The van der Waals surface area contributed by atoms with Crippen LogP contribution in [0.3, 0.4) is 0 Å². The van der Waals surface area contributed by atoms with Crippen LogP contribution in [-0.2, 0) is 14.8 Å². The van der Waals surface area contributed by atoms with Crippen LogP contribution in [0.4, 0.5) is 14.5 Å². The molecule has 1 fully saturated rings. The molecule has 10 heteroatoms. The van der Waals surface area contributed by atoms with Gasteiger partial charge in [0.15, 0.2) is 10.7 Å². The minimum absolute atomic E-state index is 0.0209. The normalized spacial score (nSPS) is 17.1. The third kappa shape index (κ3) is 5.33. The lowest BCUT2D eigenvalue weighted by Gasteiger charge is -2.31. The molecule has 1 aliphatic rings. The fourth-order valence-electron chi connectivity index (χ4n) is 3.99. The number of anilines is 1. The Morgan fingerprint density at radius 2 is 1.91 bits per heavy atom. The smallest absolute Gasteiger partial charge is 0.248 e. The average Bonchev–Trinajstić information content (AvgIpc) is 3.22. The van der Waals surface area contributed by atoms with Crippen LogP contribution in [0.1, 0.15) is 35.4 Å². The number of hydrogen-bond acceptors (Lipinski definition) is 5. The van der Waals surface area contributed by atoms with Crippen molar-refractivity contribution in [2.24, 2.45) is 5.92 Å². The molecule has 0 unspecified atom stereocenters. The largest absolute Gasteiger partial charge is 0.355 e. The van der Waals surface area contributed by atoms with Gasteiger partial charge in [-0.25, -0.2) is 17.2 Å². The Balaban J connectivity index is 1.54. The van der Waals surface area contributed by atoms with Crippen molar-refractivity contribution in [3.8, 4) is 0 Å². The van der Waals surface area contributed by atoms with Crippen molar-refractivity contribution in [3.63, 3.8) is 0 Å². The van der Waals surface area contributed by atoms with E-state index in [1.165, 1.54) is 35.5 Å². The second kappa shape index (κ2) is 10.1. The molecule has 0 aliphatic carbocycles. The van der Waals surface area contributed by atoms with Crippen LogP contribution in [0.25, 0.3) is 12.2 Å². The van der Waals surface area contributed by atoms with E-state index >= 15 is 0 Å². The molecule has 184 valence electrons. The van der Waals surface area contributed by atoms with E-state index in [9.17, 15) is 22.0 Å². The number of aromatic nitrogens is 1. The molecular formula is C25H25F2N3O4S. The SMILES string of the molecule is Cc1ccc(NC(=O)[C@H]2CCCN(S(=O)(=O)c3c(C)noc3/C=C/c3ccccc3F)C2)cc1F. The van der Waals surface area contributed by atoms with Crippen LogP contribution in [0, 0.1) is 31.4 Å². The van der Waals surface area contributed by atoms with Crippen molar-refractivity contribution < 1.29 is 26.5 Å². The third-order valence-corrected chi connectivity index (χ3v) is 7.97. The molecule has 1 amide bonds. The van der Waals surface area contributed by atoms with Crippen LogP contribution in [0.2, 0.25) is 0 Å². The first-order chi connectivity index (χ1) is 16.7. The molecule has 1 N–H and O–H groups in total. The molecular weight excluding hydrogens is 476 g/mol. The summed E-state index contributed by atoms with van der Waals surface area (Å²) in [7, 11) is -4.05. The van der Waals surface area contributed by atoms with Crippen LogP contribution < -0.4 is 5.32 Å². The van der Waals surface area contributed by atoms with Gasteiger partial charge in [-0.3, -0.25) is 4.79 Å². The quantitative estimate of drug-likeness (QED) is 0.525. The Bertz CT molecular complexity index is 1390. The zero-order valence-electron chi connectivity index (χ0n) is 19.3. The first-order valence-corrected chi connectivity index (χ1v) is 12.6. The predicted octanol–water partition coefficient (Wildman–Crippen LogP) is 4.78. The molecule has 1 saturated heterocycles. The summed E-state index contributed by atoms with van der Waals surface area (Å²) in [5.74, 6) is -1.90. The third-order valence-electron chi connectivity index (χ3n) is 5.94. The molecule has 2 aromatic carbocycles. The van der Waals surface area contributed by atoms with E-state index in [2.05, 4.69) is 10.5 Å². The van der Waals surface area contributed by atoms with Gasteiger partial charge in [-0.15, -0.1) is 0 Å². The summed E-state index contributed by atoms with van der Waals surface area (Å²) >= 11 is 0. The van der Waals surface area contributed by atoms with Gasteiger partial charge in [0.1, 0.15) is 17.3 Å². The summed E-state index contributed by atoms with van der Waals surface area (Å²) in [6.45, 7) is 3.32. The Labute approximate surface area is 202 Å². The maximum absolute atomic E-state index is 14.0. The molecule has 4 rings (SSSR count). The minimum Gasteiger partial charge on any atom is -0.355 e. The monoisotopic (exact) mass is 501 g/mol. The molecule has 0 radical (unpaired) electrons. The number of nitrogens with one attached hydrogen (secondary N) is 1. The van der Waals surface area contributed by atoms with Gasteiger partial charge >= 0.3 is 0 Å². The number of piperidine rings is 1. The lowest BCUT2D eigenvalue weighted by atomic mass is 9.98. The van der Waals surface area contributed by atoms with Crippen LogP contribution in [0.15, 0.2) is 51.9 Å². The van der Waals surface area contributed by atoms with Crippen molar-refractivity contribution in [2.75, 3.05) is 18.4 Å². The number of halogens is 2. The lowest BCUT2D eigenvalue weighted by molar-refractivity contribution is -0.120. The maximum Gasteiger partial charge on any atom is 0.248 e. The van der Waals surface area contributed by atoms with Gasteiger partial charge < -0.3 is 9.84 Å². The second-order valence-electron chi connectivity index (χ2n) is 8.47. The highest BCUT2D eigenvalue weighted by atomic mass is 32.2. The summed E-state index contributed by atoms with van der Waals surface area (Å²) in [4.78, 5) is 12.7. The van der Waals surface area contributed by atoms with Gasteiger partial charge in [-0.2, -0.15) is 4.31 Å². The number of nitrogens with zero attached hydrogens (tertiary/aromatic N) is 2. The number of aryl methyl sites for hydroxylation is 2. The highest BCUT2D eigenvalue weighted by Gasteiger charge is 2.37. The van der Waals surface area contributed by atoms with Gasteiger partial charge in [-0.05, 0) is 62.6 Å². The average molecular weight is 502 g/mol. The first kappa shape index (κ1) is 24.7. The second-order valence-corrected chi connectivity index (χ2v) is 10.3. The van der Waals surface area contributed by atoms with Crippen LogP contribution >= 0.6 is 0 Å². The molecule has 0 saturated carbocycles. The van der Waals surface area contributed by atoms with E-state index in [4.69, 9.17) is 4.52 Å². The summed E-state index contributed by atoms with van der Waals surface area (Å²) in [6, 6.07) is 10.5. The number of hydrogen-bond donors (Lipinski definition) is 1. The number of carbonyl (C=O) groups excluding carboxylic acids is 1. The maximum atomic E-state index is 14.0. The molecule has 1 aliphatic heterocycles. The van der Waals surface area contributed by atoms with E-state index in [-0.39, 0.29) is 40.9 Å². The van der Waals surface area contributed by atoms with Crippen LogP contribution in [0.5, 0.6) is 0 Å². The standard InChI is InChI=1S/C25H25F2N3O4S/c1-16-9-11-20(14-22(16)27)28-25(31)19-7-5-13-30(15-19)35(32,33)24-17(2)29-34-23(24)12-10-18-6-3-4-8-21(18)26/h3-4,6,8-12,14,19H,5,7,13,15H2,1-2H3,(H,28,31)/b12-10+/t19-/m0/s1. The number of sulfonamides is 1. The molecule has 2 heterocycles. The molecule has 35 heavy (non-hydrogen) atoms. The topological polar surface area (TPSA) is 92.5 Å². The van der Waals surface area contributed by atoms with Crippen molar-refractivity contribution in [2.45, 2.75) is 31.6 Å². The number of benzene rings is 2.